The molecule has 0 aliphatic carbocycles. The van der Waals surface area contributed by atoms with Crippen molar-refractivity contribution in [2.45, 2.75) is 38.6 Å². The number of nitrogens with zero attached hydrogens (tertiary/aromatic N) is 1. The number of likely N-dealkylation sites (tertiary alicyclic amines) is 1. The highest BCUT2D eigenvalue weighted by atomic mass is 16.2. The molecule has 2 saturated heterocycles. The lowest BCUT2D eigenvalue weighted by atomic mass is 9.68. The van der Waals surface area contributed by atoms with Gasteiger partial charge in [-0.2, -0.15) is 0 Å². The third-order valence-corrected chi connectivity index (χ3v) is 5.33. The van der Waals surface area contributed by atoms with E-state index in [1.54, 1.807) is 6.08 Å². The van der Waals surface area contributed by atoms with Gasteiger partial charge in [-0.05, 0) is 44.2 Å². The Kier molecular flexibility index (Phi) is 4.51. The van der Waals surface area contributed by atoms with Crippen LogP contribution >= 0.6 is 0 Å². The van der Waals surface area contributed by atoms with Crippen molar-refractivity contribution in [2.24, 2.45) is 5.41 Å². The molecule has 1 N–H and O–H groups in total. The zero-order valence-corrected chi connectivity index (χ0v) is 13.6. The van der Waals surface area contributed by atoms with Gasteiger partial charge in [0, 0.05) is 25.2 Å². The summed E-state index contributed by atoms with van der Waals surface area (Å²) in [4.78, 5) is 27.0. The normalized spacial score (nSPS) is 28.1. The lowest BCUT2D eigenvalue weighted by Gasteiger charge is -2.49. The van der Waals surface area contributed by atoms with Crippen LogP contribution in [-0.2, 0) is 9.59 Å². The molecule has 2 amide bonds. The number of amides is 2. The van der Waals surface area contributed by atoms with E-state index in [9.17, 15) is 9.59 Å². The van der Waals surface area contributed by atoms with Gasteiger partial charge in [-0.25, -0.2) is 0 Å². The number of nitrogens with one attached hydrogen (secondary N) is 1. The van der Waals surface area contributed by atoms with Gasteiger partial charge in [0.25, 0.3) is 0 Å². The van der Waals surface area contributed by atoms with E-state index in [1.165, 1.54) is 0 Å². The van der Waals surface area contributed by atoms with E-state index in [0.29, 0.717) is 0 Å². The van der Waals surface area contributed by atoms with Crippen molar-refractivity contribution in [1.82, 2.24) is 10.2 Å². The second-order valence-electron chi connectivity index (χ2n) is 6.57. The SMILES string of the molecule is C[C@@H]1N(C(=O)/C=C/c2ccccc2)CCC[C@@]12CCCNC2=O. The summed E-state index contributed by atoms with van der Waals surface area (Å²) in [5.41, 5.74) is 0.614. The Balaban J connectivity index is 1.75. The number of hydrogen-bond donors (Lipinski definition) is 1. The van der Waals surface area contributed by atoms with Gasteiger partial charge < -0.3 is 10.2 Å². The van der Waals surface area contributed by atoms with Crippen LogP contribution in [0.25, 0.3) is 6.08 Å². The molecule has 23 heavy (non-hydrogen) atoms. The fraction of sp³-hybridized carbons (Fsp3) is 0.474. The van der Waals surface area contributed by atoms with E-state index >= 15 is 0 Å². The maximum Gasteiger partial charge on any atom is 0.246 e. The predicted octanol–water partition coefficient (Wildman–Crippen LogP) is 2.61. The zero-order valence-electron chi connectivity index (χ0n) is 13.6. The number of carbonyl (C=O) groups is 2. The highest BCUT2D eigenvalue weighted by Crippen LogP contribution is 2.41. The Hall–Kier alpha value is -2.10. The Morgan fingerprint density at radius 2 is 2.00 bits per heavy atom. The molecule has 122 valence electrons. The molecule has 1 aromatic rings. The van der Waals surface area contributed by atoms with Crippen LogP contribution in [0, 0.1) is 5.41 Å². The molecule has 3 rings (SSSR count). The number of piperidine rings is 2. The van der Waals surface area contributed by atoms with Crippen molar-refractivity contribution in [3.05, 3.63) is 42.0 Å². The molecule has 4 nitrogen and oxygen atoms in total. The van der Waals surface area contributed by atoms with Crippen molar-refractivity contribution in [3.63, 3.8) is 0 Å². The standard InChI is InChI=1S/C19H24N2O2/c1-15-19(11-5-13-20-18(19)23)12-6-14-21(15)17(22)10-9-16-7-3-2-4-8-16/h2-4,7-10,15H,5-6,11-14H2,1H3,(H,20,23)/b10-9+/t15-,19-/m0/s1. The molecule has 2 aliphatic heterocycles. The van der Waals surface area contributed by atoms with E-state index in [-0.39, 0.29) is 17.9 Å². The van der Waals surface area contributed by atoms with Crippen LogP contribution in [0.4, 0.5) is 0 Å². The van der Waals surface area contributed by atoms with Gasteiger partial charge in [0.15, 0.2) is 0 Å². The average Bonchev–Trinajstić information content (AvgIpc) is 2.58. The quantitative estimate of drug-likeness (QED) is 0.853. The Morgan fingerprint density at radius 3 is 2.74 bits per heavy atom. The highest BCUT2D eigenvalue weighted by Gasteiger charge is 2.49. The third kappa shape index (κ3) is 3.03. The van der Waals surface area contributed by atoms with Gasteiger partial charge in [-0.15, -0.1) is 0 Å². The molecular formula is C19H24N2O2. The third-order valence-electron chi connectivity index (χ3n) is 5.33. The maximum absolute atomic E-state index is 12.6. The maximum atomic E-state index is 12.6. The van der Waals surface area contributed by atoms with Gasteiger partial charge in [0.2, 0.25) is 11.8 Å². The number of rotatable bonds is 2. The summed E-state index contributed by atoms with van der Waals surface area (Å²) >= 11 is 0. The lowest BCUT2D eigenvalue weighted by molar-refractivity contribution is -0.147. The van der Waals surface area contributed by atoms with Gasteiger partial charge >= 0.3 is 0 Å². The topological polar surface area (TPSA) is 49.4 Å². The molecule has 0 aromatic heterocycles. The fourth-order valence-corrected chi connectivity index (χ4v) is 3.93. The largest absolute Gasteiger partial charge is 0.356 e. The van der Waals surface area contributed by atoms with Crippen molar-refractivity contribution in [3.8, 4) is 0 Å². The zero-order chi connectivity index (χ0) is 16.3. The monoisotopic (exact) mass is 312 g/mol. The van der Waals surface area contributed by atoms with Crippen LogP contribution in [0.15, 0.2) is 36.4 Å². The Morgan fingerprint density at radius 1 is 1.26 bits per heavy atom. The molecule has 2 heterocycles. The van der Waals surface area contributed by atoms with E-state index in [1.807, 2.05) is 48.2 Å². The first kappa shape index (κ1) is 15.8. The van der Waals surface area contributed by atoms with Crippen LogP contribution in [0.3, 0.4) is 0 Å². The van der Waals surface area contributed by atoms with Crippen molar-refractivity contribution in [1.29, 1.82) is 0 Å². The summed E-state index contributed by atoms with van der Waals surface area (Å²) in [7, 11) is 0. The van der Waals surface area contributed by atoms with Gasteiger partial charge in [-0.1, -0.05) is 30.3 Å². The van der Waals surface area contributed by atoms with Gasteiger partial charge in [-0.3, -0.25) is 9.59 Å². The van der Waals surface area contributed by atoms with Crippen LogP contribution in [-0.4, -0.2) is 35.8 Å². The molecule has 0 saturated carbocycles. The van der Waals surface area contributed by atoms with Crippen LogP contribution < -0.4 is 5.32 Å². The first-order chi connectivity index (χ1) is 11.1. The Labute approximate surface area is 137 Å². The van der Waals surface area contributed by atoms with Crippen LogP contribution in [0.5, 0.6) is 0 Å². The molecule has 1 spiro atoms. The second kappa shape index (κ2) is 6.57. The molecular weight excluding hydrogens is 288 g/mol. The molecule has 0 radical (unpaired) electrons. The molecule has 2 atom stereocenters. The molecule has 2 aliphatic rings. The number of hydrogen-bond acceptors (Lipinski definition) is 2. The first-order valence-corrected chi connectivity index (χ1v) is 8.45. The fourth-order valence-electron chi connectivity index (χ4n) is 3.93. The van der Waals surface area contributed by atoms with Crippen LogP contribution in [0.2, 0.25) is 0 Å². The first-order valence-electron chi connectivity index (χ1n) is 8.45. The van der Waals surface area contributed by atoms with Crippen molar-refractivity contribution < 1.29 is 9.59 Å². The average molecular weight is 312 g/mol. The number of benzene rings is 1. The number of carbonyl (C=O) groups excluding carboxylic acids is 2. The van der Waals surface area contributed by atoms with Crippen LogP contribution in [0.1, 0.15) is 38.2 Å². The molecule has 0 unspecified atom stereocenters. The van der Waals surface area contributed by atoms with Gasteiger partial charge in [0.05, 0.1) is 5.41 Å². The summed E-state index contributed by atoms with van der Waals surface area (Å²) in [5.74, 6) is 0.125. The predicted molar refractivity (Wildman–Crippen MR) is 90.6 cm³/mol. The van der Waals surface area contributed by atoms with Crippen molar-refractivity contribution >= 4 is 17.9 Å². The van der Waals surface area contributed by atoms with E-state index < -0.39 is 5.41 Å². The Bertz CT molecular complexity index is 607. The molecule has 2 fully saturated rings. The van der Waals surface area contributed by atoms with E-state index in [0.717, 1.165) is 44.3 Å². The smallest absolute Gasteiger partial charge is 0.246 e. The highest BCUT2D eigenvalue weighted by molar-refractivity contribution is 5.93. The summed E-state index contributed by atoms with van der Waals surface area (Å²) < 4.78 is 0. The minimum atomic E-state index is -0.396. The van der Waals surface area contributed by atoms with Gasteiger partial charge in [0.1, 0.15) is 0 Å². The summed E-state index contributed by atoms with van der Waals surface area (Å²) in [6, 6.07) is 9.75. The van der Waals surface area contributed by atoms with E-state index in [2.05, 4.69) is 5.32 Å². The summed E-state index contributed by atoms with van der Waals surface area (Å²) in [5, 5.41) is 3.00. The second-order valence-corrected chi connectivity index (χ2v) is 6.57. The van der Waals surface area contributed by atoms with Crippen molar-refractivity contribution in [2.75, 3.05) is 13.1 Å². The minimum Gasteiger partial charge on any atom is -0.356 e. The molecule has 1 aromatic carbocycles. The molecule has 4 heteroatoms. The summed E-state index contributed by atoms with van der Waals surface area (Å²) in [6.45, 7) is 3.52. The molecule has 0 bridgehead atoms. The van der Waals surface area contributed by atoms with E-state index in [4.69, 9.17) is 0 Å². The summed E-state index contributed by atoms with van der Waals surface area (Å²) in [6.07, 6.45) is 7.13. The minimum absolute atomic E-state index is 0.00111. The lowest BCUT2D eigenvalue weighted by Crippen LogP contribution is -2.60.